The monoisotopic (exact) mass is 432 g/mol. The van der Waals surface area contributed by atoms with Crippen LogP contribution in [0.1, 0.15) is 0 Å². The lowest BCUT2D eigenvalue weighted by molar-refractivity contribution is 0.414. The third-order valence-electron chi connectivity index (χ3n) is 5.74. The Labute approximate surface area is 193 Å². The molecule has 0 aliphatic heterocycles. The summed E-state index contributed by atoms with van der Waals surface area (Å²) in [5.41, 5.74) is 6.28. The summed E-state index contributed by atoms with van der Waals surface area (Å²) in [5.74, 6) is 3.31. The van der Waals surface area contributed by atoms with E-state index < -0.39 is 0 Å². The maximum atomic E-state index is 6.68. The van der Waals surface area contributed by atoms with E-state index >= 15 is 0 Å². The Hall–Kier alpha value is -4.24. The van der Waals surface area contributed by atoms with Crippen LogP contribution < -0.4 is 9.47 Å². The quantitative estimate of drug-likeness (QED) is 0.273. The molecule has 5 aromatic rings. The van der Waals surface area contributed by atoms with Crippen molar-refractivity contribution in [1.82, 2.24) is 0 Å². The van der Waals surface area contributed by atoms with Gasteiger partial charge in [-0.2, -0.15) is 0 Å². The molecule has 0 saturated carbocycles. The van der Waals surface area contributed by atoms with Crippen LogP contribution in [-0.2, 0) is 0 Å². The molecule has 0 saturated heterocycles. The highest BCUT2D eigenvalue weighted by atomic mass is 16.5. The summed E-state index contributed by atoms with van der Waals surface area (Å²) in [6.07, 6.45) is 0. The minimum atomic E-state index is 0.817. The van der Waals surface area contributed by atoms with E-state index in [-0.39, 0.29) is 0 Å². The molecule has 162 valence electrons. The second kappa shape index (κ2) is 9.09. The molecule has 4 aromatic carbocycles. The zero-order valence-corrected chi connectivity index (χ0v) is 18.6. The third-order valence-corrected chi connectivity index (χ3v) is 5.74. The molecule has 0 N–H and O–H groups in total. The summed E-state index contributed by atoms with van der Waals surface area (Å²) in [4.78, 5) is 0. The summed E-state index contributed by atoms with van der Waals surface area (Å²) in [6.45, 7) is 0. The maximum Gasteiger partial charge on any atom is 0.143 e. The fourth-order valence-electron chi connectivity index (χ4n) is 4.08. The van der Waals surface area contributed by atoms with Gasteiger partial charge in [-0.1, -0.05) is 84.9 Å². The van der Waals surface area contributed by atoms with Crippen molar-refractivity contribution in [2.45, 2.75) is 0 Å². The number of hydrogen-bond acceptors (Lipinski definition) is 3. The zero-order chi connectivity index (χ0) is 22.6. The zero-order valence-electron chi connectivity index (χ0n) is 18.6. The Morgan fingerprint density at radius 2 is 0.788 bits per heavy atom. The molecule has 0 bridgehead atoms. The minimum Gasteiger partial charge on any atom is -0.497 e. The molecular weight excluding hydrogens is 408 g/mol. The average Bonchev–Trinajstić information content (AvgIpc) is 3.30. The van der Waals surface area contributed by atoms with Crippen LogP contribution in [-0.4, -0.2) is 14.2 Å². The van der Waals surface area contributed by atoms with Crippen LogP contribution in [0.3, 0.4) is 0 Å². The third kappa shape index (κ3) is 4.01. The molecule has 3 heteroatoms. The lowest BCUT2D eigenvalue weighted by Crippen LogP contribution is -1.88. The van der Waals surface area contributed by atoms with E-state index in [1.165, 1.54) is 0 Å². The fourth-order valence-corrected chi connectivity index (χ4v) is 4.08. The van der Waals surface area contributed by atoms with E-state index in [2.05, 4.69) is 48.5 Å². The van der Waals surface area contributed by atoms with Crippen LogP contribution in [0.5, 0.6) is 11.5 Å². The summed E-state index contributed by atoms with van der Waals surface area (Å²) < 4.78 is 17.5. The van der Waals surface area contributed by atoms with Crippen molar-refractivity contribution >= 4 is 0 Å². The number of benzene rings is 4. The van der Waals surface area contributed by atoms with Crippen LogP contribution in [0.15, 0.2) is 114 Å². The molecule has 0 atom stereocenters. The van der Waals surface area contributed by atoms with Gasteiger partial charge in [-0.25, -0.2) is 0 Å². The smallest absolute Gasteiger partial charge is 0.143 e. The molecule has 33 heavy (non-hydrogen) atoms. The van der Waals surface area contributed by atoms with Crippen molar-refractivity contribution in [1.29, 1.82) is 0 Å². The van der Waals surface area contributed by atoms with Crippen LogP contribution >= 0.6 is 0 Å². The van der Waals surface area contributed by atoms with Crippen molar-refractivity contribution in [3.63, 3.8) is 0 Å². The molecule has 0 spiro atoms. The van der Waals surface area contributed by atoms with Gasteiger partial charge in [-0.15, -0.1) is 0 Å². The van der Waals surface area contributed by atoms with Crippen molar-refractivity contribution in [2.24, 2.45) is 0 Å². The molecule has 0 unspecified atom stereocenters. The Bertz CT molecular complexity index is 1230. The Morgan fingerprint density at radius 3 is 1.12 bits per heavy atom. The molecule has 0 amide bonds. The predicted octanol–water partition coefficient (Wildman–Crippen LogP) is 7.96. The molecule has 0 radical (unpaired) electrons. The Kier molecular flexibility index (Phi) is 5.69. The molecule has 0 fully saturated rings. The minimum absolute atomic E-state index is 0.817. The van der Waals surface area contributed by atoms with E-state index in [1.54, 1.807) is 14.2 Å². The first kappa shape index (κ1) is 20.7. The molecule has 0 aliphatic rings. The van der Waals surface area contributed by atoms with Gasteiger partial charge >= 0.3 is 0 Å². The highest BCUT2D eigenvalue weighted by molar-refractivity contribution is 5.99. The van der Waals surface area contributed by atoms with Crippen molar-refractivity contribution in [2.75, 3.05) is 14.2 Å². The first-order valence-corrected chi connectivity index (χ1v) is 10.8. The topological polar surface area (TPSA) is 31.6 Å². The lowest BCUT2D eigenvalue weighted by atomic mass is 9.91. The highest BCUT2D eigenvalue weighted by Gasteiger charge is 2.25. The Balaban J connectivity index is 1.84. The highest BCUT2D eigenvalue weighted by Crippen LogP contribution is 2.48. The van der Waals surface area contributed by atoms with E-state index in [4.69, 9.17) is 13.9 Å². The van der Waals surface area contributed by atoms with Crippen LogP contribution in [0.25, 0.3) is 44.9 Å². The maximum absolute atomic E-state index is 6.68. The molecule has 0 aliphatic carbocycles. The van der Waals surface area contributed by atoms with Crippen molar-refractivity contribution in [3.05, 3.63) is 109 Å². The van der Waals surface area contributed by atoms with Crippen molar-refractivity contribution in [3.8, 4) is 56.4 Å². The van der Waals surface area contributed by atoms with Gasteiger partial charge in [0.1, 0.15) is 23.0 Å². The largest absolute Gasteiger partial charge is 0.497 e. The van der Waals surface area contributed by atoms with Gasteiger partial charge in [0.2, 0.25) is 0 Å². The number of ether oxygens (including phenoxy) is 2. The second-order valence-corrected chi connectivity index (χ2v) is 7.70. The lowest BCUT2D eigenvalue weighted by Gasteiger charge is -2.10. The van der Waals surface area contributed by atoms with Gasteiger partial charge in [0.25, 0.3) is 0 Å². The van der Waals surface area contributed by atoms with Gasteiger partial charge in [0.05, 0.1) is 14.2 Å². The predicted molar refractivity (Wildman–Crippen MR) is 134 cm³/mol. The van der Waals surface area contributed by atoms with Crippen LogP contribution in [0.2, 0.25) is 0 Å². The summed E-state index contributed by atoms with van der Waals surface area (Å²) in [5, 5.41) is 0. The van der Waals surface area contributed by atoms with Gasteiger partial charge in [0.15, 0.2) is 0 Å². The first-order valence-electron chi connectivity index (χ1n) is 10.8. The molecule has 1 aromatic heterocycles. The normalized spacial score (nSPS) is 10.7. The van der Waals surface area contributed by atoms with Gasteiger partial charge in [-0.05, 0) is 35.4 Å². The fraction of sp³-hybridized carbons (Fsp3) is 0.0667. The number of furan rings is 1. The summed E-state index contributed by atoms with van der Waals surface area (Å²) in [6, 6.07) is 36.7. The van der Waals surface area contributed by atoms with Crippen LogP contribution in [0, 0.1) is 0 Å². The van der Waals surface area contributed by atoms with Gasteiger partial charge in [0, 0.05) is 22.3 Å². The van der Waals surface area contributed by atoms with E-state index in [1.807, 2.05) is 60.7 Å². The van der Waals surface area contributed by atoms with Crippen molar-refractivity contribution < 1.29 is 13.9 Å². The summed E-state index contributed by atoms with van der Waals surface area (Å²) >= 11 is 0. The number of rotatable bonds is 6. The second-order valence-electron chi connectivity index (χ2n) is 7.70. The van der Waals surface area contributed by atoms with Gasteiger partial charge < -0.3 is 13.9 Å². The standard InChI is InChI=1S/C30H24O3/c1-31-25-17-13-21(14-18-25)27-28(22-15-19-26(32-2)20-16-22)30(24-11-7-4-8-12-24)33-29(27)23-9-5-3-6-10-23/h3-20H,1-2H3. The Morgan fingerprint density at radius 1 is 0.424 bits per heavy atom. The molecule has 5 rings (SSSR count). The molecular formula is C30H24O3. The number of hydrogen-bond donors (Lipinski definition) is 0. The van der Waals surface area contributed by atoms with Gasteiger partial charge in [-0.3, -0.25) is 0 Å². The van der Waals surface area contributed by atoms with Crippen LogP contribution in [0.4, 0.5) is 0 Å². The van der Waals surface area contributed by atoms with E-state index in [9.17, 15) is 0 Å². The SMILES string of the molecule is COc1ccc(-c2c(-c3ccccc3)oc(-c3ccccc3)c2-c2ccc(OC)cc2)cc1. The molecule has 3 nitrogen and oxygen atoms in total. The average molecular weight is 433 g/mol. The van der Waals surface area contributed by atoms with E-state index in [0.717, 1.165) is 56.4 Å². The van der Waals surface area contributed by atoms with E-state index in [0.29, 0.717) is 0 Å². The molecule has 1 heterocycles. The number of methoxy groups -OCH3 is 2. The first-order chi connectivity index (χ1) is 16.3. The summed E-state index contributed by atoms with van der Waals surface area (Å²) in [7, 11) is 3.36.